The molecule has 1 fully saturated rings. The van der Waals surface area contributed by atoms with Crippen molar-refractivity contribution in [3.63, 3.8) is 0 Å². The van der Waals surface area contributed by atoms with E-state index < -0.39 is 0 Å². The standard InChI is InChI=1S/C20H23N3O2S/c1-26-18-11-5-9-16(13-18)21-20(25)22-17-10-6-12-23(14-17)19(24)15-7-3-2-4-8-15/h2-5,7-9,11,13,17H,6,10,12,14H2,1H3,(H2,21,22,25)/t17-/m0/s1. The lowest BCUT2D eigenvalue weighted by Crippen LogP contribution is -2.50. The number of hydrogen-bond acceptors (Lipinski definition) is 3. The average molecular weight is 369 g/mol. The number of carbonyl (C=O) groups is 2. The minimum atomic E-state index is -0.234. The van der Waals surface area contributed by atoms with Gasteiger partial charge in [0.05, 0.1) is 0 Å². The molecule has 3 amide bonds. The molecular formula is C20H23N3O2S. The van der Waals surface area contributed by atoms with Crippen LogP contribution >= 0.6 is 11.8 Å². The predicted octanol–water partition coefficient (Wildman–Crippen LogP) is 3.83. The van der Waals surface area contributed by atoms with Crippen LogP contribution in [0.3, 0.4) is 0 Å². The molecule has 2 N–H and O–H groups in total. The van der Waals surface area contributed by atoms with Crippen LogP contribution in [0.4, 0.5) is 10.5 Å². The fourth-order valence-corrected chi connectivity index (χ4v) is 3.56. The minimum Gasteiger partial charge on any atom is -0.337 e. The summed E-state index contributed by atoms with van der Waals surface area (Å²) < 4.78 is 0. The van der Waals surface area contributed by atoms with Gasteiger partial charge in [-0.15, -0.1) is 11.8 Å². The topological polar surface area (TPSA) is 61.4 Å². The van der Waals surface area contributed by atoms with E-state index in [9.17, 15) is 9.59 Å². The van der Waals surface area contributed by atoms with E-state index in [4.69, 9.17) is 0 Å². The fourth-order valence-electron chi connectivity index (χ4n) is 3.10. The lowest BCUT2D eigenvalue weighted by atomic mass is 10.0. The Morgan fingerprint density at radius 2 is 1.92 bits per heavy atom. The van der Waals surface area contributed by atoms with E-state index in [1.165, 1.54) is 0 Å². The fraction of sp³-hybridized carbons (Fsp3) is 0.300. The number of thioether (sulfide) groups is 1. The quantitative estimate of drug-likeness (QED) is 0.805. The number of piperidine rings is 1. The maximum absolute atomic E-state index is 12.6. The largest absolute Gasteiger partial charge is 0.337 e. The molecule has 0 spiro atoms. The number of anilines is 1. The molecule has 0 unspecified atom stereocenters. The SMILES string of the molecule is CSc1cccc(NC(=O)N[C@H]2CCCN(C(=O)c3ccccc3)C2)c1. The van der Waals surface area contributed by atoms with E-state index in [1.807, 2.05) is 65.8 Å². The number of benzene rings is 2. The number of rotatable bonds is 4. The summed E-state index contributed by atoms with van der Waals surface area (Å²) in [4.78, 5) is 27.8. The van der Waals surface area contributed by atoms with E-state index in [0.29, 0.717) is 12.1 Å². The molecule has 1 aliphatic rings. The van der Waals surface area contributed by atoms with Crippen molar-refractivity contribution in [2.75, 3.05) is 24.7 Å². The van der Waals surface area contributed by atoms with E-state index in [2.05, 4.69) is 10.6 Å². The van der Waals surface area contributed by atoms with Gasteiger partial charge in [-0.2, -0.15) is 0 Å². The summed E-state index contributed by atoms with van der Waals surface area (Å²) in [6.07, 6.45) is 3.75. The third-order valence-corrected chi connectivity index (χ3v) is 5.12. The van der Waals surface area contributed by atoms with Crippen LogP contribution in [0.2, 0.25) is 0 Å². The Bertz CT molecular complexity index is 767. The maximum Gasteiger partial charge on any atom is 0.319 e. The van der Waals surface area contributed by atoms with Gasteiger partial charge in [0.2, 0.25) is 0 Å². The molecule has 0 aliphatic carbocycles. The van der Waals surface area contributed by atoms with Gasteiger partial charge in [-0.1, -0.05) is 24.3 Å². The molecule has 6 heteroatoms. The summed E-state index contributed by atoms with van der Waals surface area (Å²) in [5.74, 6) is 0.0187. The van der Waals surface area contributed by atoms with Crippen LogP contribution in [0.5, 0.6) is 0 Å². The summed E-state index contributed by atoms with van der Waals surface area (Å²) >= 11 is 1.63. The molecule has 26 heavy (non-hydrogen) atoms. The first-order chi connectivity index (χ1) is 12.7. The van der Waals surface area contributed by atoms with Gasteiger partial charge < -0.3 is 15.5 Å². The molecular weight excluding hydrogens is 346 g/mol. The molecule has 0 radical (unpaired) electrons. The highest BCUT2D eigenvalue weighted by Gasteiger charge is 2.25. The van der Waals surface area contributed by atoms with Gasteiger partial charge in [0, 0.05) is 35.3 Å². The van der Waals surface area contributed by atoms with Crippen LogP contribution in [-0.2, 0) is 0 Å². The van der Waals surface area contributed by atoms with Gasteiger partial charge in [0.25, 0.3) is 5.91 Å². The third kappa shape index (κ3) is 4.79. The van der Waals surface area contributed by atoms with Gasteiger partial charge in [0.1, 0.15) is 0 Å². The Hall–Kier alpha value is -2.47. The lowest BCUT2D eigenvalue weighted by molar-refractivity contribution is 0.0698. The van der Waals surface area contributed by atoms with Gasteiger partial charge in [0.15, 0.2) is 0 Å². The van der Waals surface area contributed by atoms with Crippen LogP contribution in [-0.4, -0.2) is 42.2 Å². The Balaban J connectivity index is 1.56. The molecule has 0 saturated carbocycles. The monoisotopic (exact) mass is 369 g/mol. The zero-order valence-electron chi connectivity index (χ0n) is 14.8. The van der Waals surface area contributed by atoms with Crippen molar-refractivity contribution in [3.8, 4) is 0 Å². The number of likely N-dealkylation sites (tertiary alicyclic amines) is 1. The minimum absolute atomic E-state index is 0.0187. The summed E-state index contributed by atoms with van der Waals surface area (Å²) in [7, 11) is 0. The summed E-state index contributed by atoms with van der Waals surface area (Å²) in [6.45, 7) is 1.26. The predicted molar refractivity (Wildman–Crippen MR) is 106 cm³/mol. The zero-order valence-corrected chi connectivity index (χ0v) is 15.6. The first-order valence-electron chi connectivity index (χ1n) is 8.71. The second-order valence-electron chi connectivity index (χ2n) is 6.29. The van der Waals surface area contributed by atoms with Gasteiger partial charge in [-0.05, 0) is 49.4 Å². The number of nitrogens with one attached hydrogen (secondary N) is 2. The second-order valence-corrected chi connectivity index (χ2v) is 7.17. The van der Waals surface area contributed by atoms with Crippen molar-refractivity contribution in [2.24, 2.45) is 0 Å². The number of nitrogens with zero attached hydrogens (tertiary/aromatic N) is 1. The van der Waals surface area contributed by atoms with Crippen molar-refractivity contribution in [3.05, 3.63) is 60.2 Å². The molecule has 1 atom stereocenters. The van der Waals surface area contributed by atoms with Gasteiger partial charge >= 0.3 is 6.03 Å². The van der Waals surface area contributed by atoms with Crippen molar-refractivity contribution >= 4 is 29.4 Å². The van der Waals surface area contributed by atoms with Crippen LogP contribution in [0.1, 0.15) is 23.2 Å². The van der Waals surface area contributed by atoms with Crippen LogP contribution in [0.25, 0.3) is 0 Å². The highest BCUT2D eigenvalue weighted by molar-refractivity contribution is 7.98. The Labute approximate surface area is 158 Å². The third-order valence-electron chi connectivity index (χ3n) is 4.39. The molecule has 3 rings (SSSR count). The van der Waals surface area contributed by atoms with Gasteiger partial charge in [-0.25, -0.2) is 4.79 Å². The van der Waals surface area contributed by atoms with Crippen molar-refractivity contribution in [1.29, 1.82) is 0 Å². The molecule has 0 aromatic heterocycles. The Morgan fingerprint density at radius 1 is 1.12 bits per heavy atom. The molecule has 1 saturated heterocycles. The molecule has 0 bridgehead atoms. The number of urea groups is 1. The average Bonchev–Trinajstić information content (AvgIpc) is 2.68. The van der Waals surface area contributed by atoms with E-state index in [1.54, 1.807) is 11.8 Å². The number of carbonyl (C=O) groups excluding carboxylic acids is 2. The van der Waals surface area contributed by atoms with E-state index in [0.717, 1.165) is 30.0 Å². The molecule has 2 aromatic rings. The first-order valence-corrected chi connectivity index (χ1v) is 9.94. The van der Waals surface area contributed by atoms with Crippen molar-refractivity contribution < 1.29 is 9.59 Å². The molecule has 136 valence electrons. The maximum atomic E-state index is 12.6. The summed E-state index contributed by atoms with van der Waals surface area (Å²) in [6, 6.07) is 16.7. The molecule has 1 aliphatic heterocycles. The van der Waals surface area contributed by atoms with Crippen LogP contribution < -0.4 is 10.6 Å². The van der Waals surface area contributed by atoms with E-state index in [-0.39, 0.29) is 18.0 Å². The number of hydrogen-bond donors (Lipinski definition) is 2. The highest BCUT2D eigenvalue weighted by atomic mass is 32.2. The van der Waals surface area contributed by atoms with E-state index >= 15 is 0 Å². The highest BCUT2D eigenvalue weighted by Crippen LogP contribution is 2.19. The number of amides is 3. The van der Waals surface area contributed by atoms with Crippen LogP contribution in [0.15, 0.2) is 59.5 Å². The Morgan fingerprint density at radius 3 is 2.69 bits per heavy atom. The normalized spacial score (nSPS) is 16.8. The Kier molecular flexibility index (Phi) is 6.17. The van der Waals surface area contributed by atoms with Crippen LogP contribution in [0, 0.1) is 0 Å². The second kappa shape index (κ2) is 8.76. The lowest BCUT2D eigenvalue weighted by Gasteiger charge is -2.33. The smallest absolute Gasteiger partial charge is 0.319 e. The zero-order chi connectivity index (χ0) is 18.4. The first kappa shape index (κ1) is 18.3. The molecule has 2 aromatic carbocycles. The summed E-state index contributed by atoms with van der Waals surface area (Å²) in [5, 5.41) is 5.86. The van der Waals surface area contributed by atoms with Crippen molar-refractivity contribution in [2.45, 2.75) is 23.8 Å². The summed E-state index contributed by atoms with van der Waals surface area (Å²) in [5.41, 5.74) is 1.45. The molecule has 5 nitrogen and oxygen atoms in total. The van der Waals surface area contributed by atoms with Gasteiger partial charge in [-0.3, -0.25) is 4.79 Å². The van der Waals surface area contributed by atoms with Crippen molar-refractivity contribution in [1.82, 2.24) is 10.2 Å². The molecule has 1 heterocycles.